The van der Waals surface area contributed by atoms with Crippen LogP contribution >= 0.6 is 0 Å². The highest BCUT2D eigenvalue weighted by atomic mass is 16.3. The molecule has 0 aromatic carbocycles. The van der Waals surface area contributed by atoms with Crippen molar-refractivity contribution in [2.75, 3.05) is 13.1 Å². The maximum Gasteiger partial charge on any atom is 0.0758 e. The van der Waals surface area contributed by atoms with E-state index in [1.54, 1.807) is 12.4 Å². The van der Waals surface area contributed by atoms with Crippen molar-refractivity contribution < 1.29 is 5.11 Å². The monoisotopic (exact) mass is 236 g/mol. The molecule has 0 radical (unpaired) electrons. The van der Waals surface area contributed by atoms with Crippen molar-refractivity contribution in [2.24, 2.45) is 0 Å². The number of hydrogen-bond acceptors (Lipinski definition) is 3. The topological polar surface area (TPSA) is 36.4 Å². The van der Waals surface area contributed by atoms with Crippen LogP contribution in [0.2, 0.25) is 0 Å². The summed E-state index contributed by atoms with van der Waals surface area (Å²) >= 11 is 0. The number of likely N-dealkylation sites (N-methyl/N-ethyl adjacent to an activating group) is 1. The van der Waals surface area contributed by atoms with Gasteiger partial charge in [-0.3, -0.25) is 9.88 Å². The van der Waals surface area contributed by atoms with Gasteiger partial charge in [0.05, 0.1) is 6.10 Å². The summed E-state index contributed by atoms with van der Waals surface area (Å²) in [5.41, 5.74) is 0.931. The molecule has 1 N–H and O–H groups in total. The van der Waals surface area contributed by atoms with Gasteiger partial charge in [0.15, 0.2) is 0 Å². The molecule has 1 unspecified atom stereocenters. The second kappa shape index (κ2) is 6.12. The molecule has 17 heavy (non-hydrogen) atoms. The molecule has 0 aliphatic rings. The predicted molar refractivity (Wildman–Crippen MR) is 70.9 cm³/mol. The van der Waals surface area contributed by atoms with E-state index in [1.807, 2.05) is 12.1 Å². The average Bonchev–Trinajstić information content (AvgIpc) is 2.31. The van der Waals surface area contributed by atoms with E-state index in [0.29, 0.717) is 6.42 Å². The van der Waals surface area contributed by atoms with Crippen molar-refractivity contribution in [1.82, 2.24) is 9.88 Å². The molecule has 0 bridgehead atoms. The zero-order valence-corrected chi connectivity index (χ0v) is 11.3. The minimum atomic E-state index is -0.371. The Kier molecular flexibility index (Phi) is 5.09. The number of aromatic nitrogens is 1. The lowest BCUT2D eigenvalue weighted by Crippen LogP contribution is -2.53. The Labute approximate surface area is 104 Å². The molecule has 0 amide bonds. The van der Waals surface area contributed by atoms with Crippen molar-refractivity contribution >= 4 is 0 Å². The van der Waals surface area contributed by atoms with Gasteiger partial charge in [-0.05, 0) is 44.6 Å². The maximum absolute atomic E-state index is 10.4. The van der Waals surface area contributed by atoms with E-state index in [2.05, 4.69) is 37.6 Å². The van der Waals surface area contributed by atoms with Gasteiger partial charge in [-0.1, -0.05) is 13.8 Å². The third-order valence-electron chi connectivity index (χ3n) is 3.57. The number of aliphatic hydroxyl groups is 1. The summed E-state index contributed by atoms with van der Waals surface area (Å²) < 4.78 is 0. The molecule has 3 nitrogen and oxygen atoms in total. The van der Waals surface area contributed by atoms with Gasteiger partial charge in [-0.25, -0.2) is 0 Å². The first-order valence-corrected chi connectivity index (χ1v) is 6.34. The fourth-order valence-electron chi connectivity index (χ4n) is 2.24. The molecule has 1 aromatic heterocycles. The van der Waals surface area contributed by atoms with Crippen LogP contribution < -0.4 is 0 Å². The van der Waals surface area contributed by atoms with Crippen molar-refractivity contribution in [3.8, 4) is 0 Å². The lowest BCUT2D eigenvalue weighted by molar-refractivity contribution is -0.00415. The number of hydrogen-bond donors (Lipinski definition) is 1. The van der Waals surface area contributed by atoms with Crippen molar-refractivity contribution in [1.29, 1.82) is 0 Å². The fraction of sp³-hybridized carbons (Fsp3) is 0.643. The highest BCUT2D eigenvalue weighted by molar-refractivity contribution is 5.12. The summed E-state index contributed by atoms with van der Waals surface area (Å²) in [6.45, 7) is 10.4. The van der Waals surface area contributed by atoms with Crippen LogP contribution in [0.4, 0.5) is 0 Å². The molecule has 3 heteroatoms. The lowest BCUT2D eigenvalue weighted by atomic mass is 9.90. The van der Waals surface area contributed by atoms with E-state index >= 15 is 0 Å². The highest BCUT2D eigenvalue weighted by Gasteiger charge is 2.32. The number of rotatable bonds is 6. The van der Waals surface area contributed by atoms with E-state index in [-0.39, 0.29) is 11.6 Å². The van der Waals surface area contributed by atoms with Gasteiger partial charge in [0.2, 0.25) is 0 Å². The summed E-state index contributed by atoms with van der Waals surface area (Å²) in [5, 5.41) is 10.4. The zero-order valence-electron chi connectivity index (χ0n) is 11.3. The number of nitrogens with zero attached hydrogens (tertiary/aromatic N) is 2. The smallest absolute Gasteiger partial charge is 0.0758 e. The van der Waals surface area contributed by atoms with Crippen LogP contribution in [0.5, 0.6) is 0 Å². The molecule has 0 fully saturated rings. The van der Waals surface area contributed by atoms with E-state index < -0.39 is 0 Å². The van der Waals surface area contributed by atoms with Gasteiger partial charge in [-0.15, -0.1) is 0 Å². The molecular formula is C14H24N2O. The van der Waals surface area contributed by atoms with Crippen LogP contribution in [0.1, 0.15) is 33.3 Å². The van der Waals surface area contributed by atoms with E-state index in [1.165, 1.54) is 0 Å². The first kappa shape index (κ1) is 14.1. The van der Waals surface area contributed by atoms with Gasteiger partial charge in [0.1, 0.15) is 0 Å². The summed E-state index contributed by atoms with van der Waals surface area (Å²) in [4.78, 5) is 6.28. The lowest BCUT2D eigenvalue weighted by Gasteiger charge is -2.41. The molecule has 1 rings (SSSR count). The summed E-state index contributed by atoms with van der Waals surface area (Å²) in [6.07, 6.45) is 3.84. The Balaban J connectivity index is 2.71. The van der Waals surface area contributed by atoms with Crippen molar-refractivity contribution in [3.05, 3.63) is 30.1 Å². The van der Waals surface area contributed by atoms with Crippen LogP contribution in [0.25, 0.3) is 0 Å². The average molecular weight is 236 g/mol. The van der Waals surface area contributed by atoms with Crippen LogP contribution in [0.15, 0.2) is 24.5 Å². The van der Waals surface area contributed by atoms with Crippen molar-refractivity contribution in [3.63, 3.8) is 0 Å². The van der Waals surface area contributed by atoms with Gasteiger partial charge in [0, 0.05) is 24.4 Å². The molecule has 0 spiro atoms. The molecule has 0 saturated carbocycles. The minimum absolute atomic E-state index is 0.202. The third kappa shape index (κ3) is 3.51. The van der Waals surface area contributed by atoms with Crippen molar-refractivity contribution in [2.45, 2.75) is 45.8 Å². The molecule has 1 atom stereocenters. The Morgan fingerprint density at radius 1 is 1.24 bits per heavy atom. The molecule has 0 aliphatic carbocycles. The zero-order chi connectivity index (χ0) is 12.9. The molecule has 96 valence electrons. The summed E-state index contributed by atoms with van der Waals surface area (Å²) in [7, 11) is 0. The van der Waals surface area contributed by atoms with Crippen LogP contribution in [0.3, 0.4) is 0 Å². The van der Waals surface area contributed by atoms with Gasteiger partial charge in [-0.2, -0.15) is 0 Å². The highest BCUT2D eigenvalue weighted by Crippen LogP contribution is 2.21. The van der Waals surface area contributed by atoms with E-state index in [4.69, 9.17) is 0 Å². The Hall–Kier alpha value is -0.930. The molecule has 1 aromatic rings. The third-order valence-corrected chi connectivity index (χ3v) is 3.57. The summed E-state index contributed by atoms with van der Waals surface area (Å²) in [5.74, 6) is 0. The first-order valence-electron chi connectivity index (χ1n) is 6.34. The van der Waals surface area contributed by atoms with Crippen LogP contribution in [-0.2, 0) is 6.42 Å². The normalized spacial score (nSPS) is 14.0. The summed E-state index contributed by atoms with van der Waals surface area (Å²) in [6, 6.07) is 3.92. The fourth-order valence-corrected chi connectivity index (χ4v) is 2.24. The van der Waals surface area contributed by atoms with Gasteiger partial charge in [0.25, 0.3) is 0 Å². The second-order valence-corrected chi connectivity index (χ2v) is 4.90. The number of pyridine rings is 1. The van der Waals surface area contributed by atoms with Gasteiger partial charge < -0.3 is 5.11 Å². The van der Waals surface area contributed by atoms with E-state index in [0.717, 1.165) is 18.7 Å². The second-order valence-electron chi connectivity index (χ2n) is 4.90. The minimum Gasteiger partial charge on any atom is -0.391 e. The first-order chi connectivity index (χ1) is 8.02. The largest absolute Gasteiger partial charge is 0.391 e. The standard InChI is InChI=1S/C14H24N2O/c1-5-16(6-2)14(3,4)13(17)11-12-7-9-15-10-8-12/h7-10,13,17H,5-6,11H2,1-4H3. The molecule has 0 aliphatic heterocycles. The quantitative estimate of drug-likeness (QED) is 0.822. The van der Waals surface area contributed by atoms with Crippen LogP contribution in [-0.4, -0.2) is 39.7 Å². The SMILES string of the molecule is CCN(CC)C(C)(C)C(O)Cc1ccncc1. The van der Waals surface area contributed by atoms with Gasteiger partial charge >= 0.3 is 0 Å². The Bertz CT molecular complexity index is 320. The molecule has 1 heterocycles. The predicted octanol–water partition coefficient (Wildman–Crippen LogP) is 2.11. The maximum atomic E-state index is 10.4. The number of aliphatic hydroxyl groups excluding tert-OH is 1. The Morgan fingerprint density at radius 2 is 1.76 bits per heavy atom. The van der Waals surface area contributed by atoms with E-state index in [9.17, 15) is 5.11 Å². The van der Waals surface area contributed by atoms with Crippen LogP contribution in [0, 0.1) is 0 Å². The molecule has 0 saturated heterocycles. The Morgan fingerprint density at radius 3 is 2.24 bits per heavy atom. The molecular weight excluding hydrogens is 212 g/mol.